The monoisotopic (exact) mass is 268 g/mol. The van der Waals surface area contributed by atoms with Crippen molar-refractivity contribution in [2.45, 2.75) is 33.6 Å². The van der Waals surface area contributed by atoms with Crippen LogP contribution in [0.3, 0.4) is 0 Å². The maximum Gasteiger partial charge on any atom is 0.223 e. The molecule has 100 valence electrons. The number of nitrogen functional groups attached to an aromatic ring is 1. The minimum Gasteiger partial charge on any atom is -0.368 e. The Kier molecular flexibility index (Phi) is 3.66. The van der Waals surface area contributed by atoms with Crippen molar-refractivity contribution in [1.29, 1.82) is 0 Å². The molecule has 2 heterocycles. The molecule has 1 aromatic rings. The fraction of sp³-hybridized carbons (Fsp3) is 0.692. The van der Waals surface area contributed by atoms with Crippen LogP contribution in [0.4, 0.5) is 11.8 Å². The first-order valence-corrected chi connectivity index (χ1v) is 6.79. The van der Waals surface area contributed by atoms with E-state index < -0.39 is 0 Å². The smallest absolute Gasteiger partial charge is 0.223 e. The minimum atomic E-state index is 0.246. The van der Waals surface area contributed by atoms with Crippen molar-refractivity contribution in [1.82, 2.24) is 9.97 Å². The number of piperidine rings is 1. The SMILES string of the molecule is CC(C)(C)C1CCN(c2cc(Cl)nc(N)n2)CC1. The first-order chi connectivity index (χ1) is 8.36. The maximum atomic E-state index is 5.91. The summed E-state index contributed by atoms with van der Waals surface area (Å²) < 4.78 is 0. The van der Waals surface area contributed by atoms with E-state index >= 15 is 0 Å². The van der Waals surface area contributed by atoms with Gasteiger partial charge in [-0.1, -0.05) is 32.4 Å². The number of halogens is 1. The second-order valence-corrected chi connectivity index (χ2v) is 6.42. The van der Waals surface area contributed by atoms with Crippen LogP contribution in [-0.2, 0) is 0 Å². The van der Waals surface area contributed by atoms with Gasteiger partial charge in [0.25, 0.3) is 0 Å². The third kappa shape index (κ3) is 3.05. The quantitative estimate of drug-likeness (QED) is 0.796. The van der Waals surface area contributed by atoms with Gasteiger partial charge in [0, 0.05) is 19.2 Å². The Morgan fingerprint density at radius 3 is 2.39 bits per heavy atom. The lowest BCUT2D eigenvalue weighted by molar-refractivity contribution is 0.198. The van der Waals surface area contributed by atoms with Gasteiger partial charge in [0.05, 0.1) is 0 Å². The van der Waals surface area contributed by atoms with E-state index in [9.17, 15) is 0 Å². The van der Waals surface area contributed by atoms with Gasteiger partial charge in [-0.2, -0.15) is 4.98 Å². The third-order valence-electron chi connectivity index (χ3n) is 3.74. The molecule has 1 saturated heterocycles. The molecule has 0 saturated carbocycles. The van der Waals surface area contributed by atoms with Crippen LogP contribution in [0.1, 0.15) is 33.6 Å². The van der Waals surface area contributed by atoms with E-state index in [0.29, 0.717) is 10.6 Å². The highest BCUT2D eigenvalue weighted by molar-refractivity contribution is 6.29. The van der Waals surface area contributed by atoms with E-state index in [0.717, 1.165) is 24.8 Å². The largest absolute Gasteiger partial charge is 0.368 e. The highest BCUT2D eigenvalue weighted by Crippen LogP contribution is 2.35. The summed E-state index contributed by atoms with van der Waals surface area (Å²) in [6.07, 6.45) is 2.37. The molecular weight excluding hydrogens is 248 g/mol. The molecule has 2 N–H and O–H groups in total. The van der Waals surface area contributed by atoms with Crippen molar-refractivity contribution in [2.75, 3.05) is 23.7 Å². The van der Waals surface area contributed by atoms with Gasteiger partial charge in [0.1, 0.15) is 11.0 Å². The highest BCUT2D eigenvalue weighted by atomic mass is 35.5. The van der Waals surface area contributed by atoms with Crippen LogP contribution in [-0.4, -0.2) is 23.1 Å². The number of hydrogen-bond donors (Lipinski definition) is 1. The molecule has 0 aliphatic carbocycles. The molecular formula is C13H21ClN4. The first-order valence-electron chi connectivity index (χ1n) is 6.41. The molecule has 0 amide bonds. The Bertz CT molecular complexity index is 399. The highest BCUT2D eigenvalue weighted by Gasteiger charge is 2.29. The lowest BCUT2D eigenvalue weighted by Crippen LogP contribution is -2.38. The summed E-state index contributed by atoms with van der Waals surface area (Å²) in [5, 5.41) is 0.412. The van der Waals surface area contributed by atoms with Gasteiger partial charge in [-0.3, -0.25) is 0 Å². The molecule has 5 heteroatoms. The summed E-state index contributed by atoms with van der Waals surface area (Å²) in [4.78, 5) is 10.4. The second-order valence-electron chi connectivity index (χ2n) is 6.03. The Balaban J connectivity index is 2.05. The third-order valence-corrected chi connectivity index (χ3v) is 3.94. The molecule has 0 radical (unpaired) electrons. The number of hydrogen-bond acceptors (Lipinski definition) is 4. The topological polar surface area (TPSA) is 55.0 Å². The average Bonchev–Trinajstić information content (AvgIpc) is 2.27. The maximum absolute atomic E-state index is 5.91. The van der Waals surface area contributed by atoms with E-state index in [1.807, 2.05) is 0 Å². The molecule has 1 fully saturated rings. The molecule has 18 heavy (non-hydrogen) atoms. The average molecular weight is 269 g/mol. The van der Waals surface area contributed by atoms with Crippen molar-refractivity contribution in [3.63, 3.8) is 0 Å². The molecule has 1 aliphatic heterocycles. The molecule has 0 unspecified atom stereocenters. The Morgan fingerprint density at radius 2 is 1.89 bits per heavy atom. The van der Waals surface area contributed by atoms with Crippen LogP contribution in [0.5, 0.6) is 0 Å². The Hall–Kier alpha value is -1.03. The summed E-state index contributed by atoms with van der Waals surface area (Å²) in [5.74, 6) is 1.86. The van der Waals surface area contributed by atoms with Crippen molar-refractivity contribution < 1.29 is 0 Å². The van der Waals surface area contributed by atoms with Gasteiger partial charge in [0.15, 0.2) is 0 Å². The summed E-state index contributed by atoms with van der Waals surface area (Å²) in [6.45, 7) is 8.95. The molecule has 1 aliphatic rings. The molecule has 2 rings (SSSR count). The van der Waals surface area contributed by atoms with Gasteiger partial charge in [-0.15, -0.1) is 0 Å². The number of nitrogens with two attached hydrogens (primary N) is 1. The van der Waals surface area contributed by atoms with Crippen LogP contribution in [0.2, 0.25) is 5.15 Å². The predicted molar refractivity (Wildman–Crippen MR) is 75.8 cm³/mol. The number of rotatable bonds is 1. The fourth-order valence-electron chi connectivity index (χ4n) is 2.56. The van der Waals surface area contributed by atoms with Crippen LogP contribution in [0.15, 0.2) is 6.07 Å². The molecule has 0 atom stereocenters. The summed E-state index contributed by atoms with van der Waals surface area (Å²) in [5.41, 5.74) is 6.01. The zero-order valence-electron chi connectivity index (χ0n) is 11.3. The summed E-state index contributed by atoms with van der Waals surface area (Å²) in [6, 6.07) is 1.79. The normalized spacial score (nSPS) is 18.1. The number of anilines is 2. The van der Waals surface area contributed by atoms with Crippen molar-refractivity contribution in [3.8, 4) is 0 Å². The van der Waals surface area contributed by atoms with E-state index in [4.69, 9.17) is 17.3 Å². The van der Waals surface area contributed by atoms with Gasteiger partial charge in [-0.05, 0) is 24.2 Å². The molecule has 0 spiro atoms. The predicted octanol–water partition coefficient (Wildman–Crippen LogP) is 2.97. The Morgan fingerprint density at radius 1 is 1.28 bits per heavy atom. The lowest BCUT2D eigenvalue weighted by Gasteiger charge is -2.39. The summed E-state index contributed by atoms with van der Waals surface area (Å²) in [7, 11) is 0. The number of nitrogens with zero attached hydrogens (tertiary/aromatic N) is 3. The number of aromatic nitrogens is 2. The zero-order valence-corrected chi connectivity index (χ0v) is 12.0. The molecule has 1 aromatic heterocycles. The van der Waals surface area contributed by atoms with E-state index in [2.05, 4.69) is 35.6 Å². The Labute approximate surface area is 114 Å². The van der Waals surface area contributed by atoms with Crippen LogP contribution >= 0.6 is 11.6 Å². The van der Waals surface area contributed by atoms with E-state index in [1.165, 1.54) is 12.8 Å². The van der Waals surface area contributed by atoms with Crippen LogP contribution in [0.25, 0.3) is 0 Å². The van der Waals surface area contributed by atoms with Crippen LogP contribution in [0, 0.1) is 11.3 Å². The van der Waals surface area contributed by atoms with Gasteiger partial charge in [-0.25, -0.2) is 4.98 Å². The van der Waals surface area contributed by atoms with Crippen molar-refractivity contribution in [2.24, 2.45) is 11.3 Å². The second kappa shape index (κ2) is 4.92. The van der Waals surface area contributed by atoms with E-state index in [-0.39, 0.29) is 5.95 Å². The lowest BCUT2D eigenvalue weighted by atomic mass is 9.75. The van der Waals surface area contributed by atoms with Gasteiger partial charge in [0.2, 0.25) is 5.95 Å². The minimum absolute atomic E-state index is 0.246. The van der Waals surface area contributed by atoms with Crippen molar-refractivity contribution in [3.05, 3.63) is 11.2 Å². The first kappa shape index (κ1) is 13.4. The fourth-order valence-corrected chi connectivity index (χ4v) is 2.74. The molecule has 0 aromatic carbocycles. The molecule has 4 nitrogen and oxygen atoms in total. The standard InChI is InChI=1S/C13H21ClN4/c1-13(2,3)9-4-6-18(7-5-9)11-8-10(14)16-12(15)17-11/h8-9H,4-7H2,1-3H3,(H2,15,16,17). The van der Waals surface area contributed by atoms with E-state index in [1.54, 1.807) is 6.07 Å². The van der Waals surface area contributed by atoms with Crippen LogP contribution < -0.4 is 10.6 Å². The van der Waals surface area contributed by atoms with Gasteiger partial charge < -0.3 is 10.6 Å². The zero-order chi connectivity index (χ0) is 13.3. The van der Waals surface area contributed by atoms with Crippen molar-refractivity contribution >= 4 is 23.4 Å². The molecule has 0 bridgehead atoms. The summed E-state index contributed by atoms with van der Waals surface area (Å²) >= 11 is 5.91. The van der Waals surface area contributed by atoms with Gasteiger partial charge >= 0.3 is 0 Å².